The average Bonchev–Trinajstić information content (AvgIpc) is 3.49. The highest BCUT2D eigenvalue weighted by atomic mass is 32.1. The number of aromatic nitrogens is 6. The number of imidazole rings is 2. The van der Waals surface area contributed by atoms with Gasteiger partial charge in [-0.1, -0.05) is 0 Å². The summed E-state index contributed by atoms with van der Waals surface area (Å²) in [6.45, 7) is 0. The van der Waals surface area contributed by atoms with E-state index in [-0.39, 0.29) is 11.1 Å². The van der Waals surface area contributed by atoms with Crippen LogP contribution in [-0.4, -0.2) is 28.7 Å². The number of pyridine rings is 2. The highest BCUT2D eigenvalue weighted by molar-refractivity contribution is 7.16. The van der Waals surface area contributed by atoms with Crippen molar-refractivity contribution in [2.45, 2.75) is 0 Å². The van der Waals surface area contributed by atoms with Crippen LogP contribution in [0, 0.1) is 0 Å². The lowest BCUT2D eigenvalue weighted by Crippen LogP contribution is -2.16. The van der Waals surface area contributed by atoms with E-state index in [1.807, 2.05) is 12.1 Å². The molecule has 8 nitrogen and oxygen atoms in total. The lowest BCUT2D eigenvalue weighted by atomic mass is 9.96. The average molecular weight is 426 g/mol. The first kappa shape index (κ1) is 15.1. The van der Waals surface area contributed by atoms with Crippen LogP contribution in [0.25, 0.3) is 64.6 Å². The summed E-state index contributed by atoms with van der Waals surface area (Å²) in [5.74, 6) is 0. The van der Waals surface area contributed by atoms with Gasteiger partial charge in [-0.3, -0.25) is 9.59 Å². The molecule has 0 aliphatic heterocycles. The Labute approximate surface area is 172 Å². The smallest absolute Gasteiger partial charge is 0.265 e. The van der Waals surface area contributed by atoms with E-state index < -0.39 is 0 Å². The van der Waals surface area contributed by atoms with Crippen LogP contribution >= 0.6 is 22.7 Å². The molecular formula is C20H6N6O2S2. The zero-order valence-corrected chi connectivity index (χ0v) is 16.4. The largest absolute Gasteiger partial charge is 0.268 e. The molecule has 6 aromatic heterocycles. The Morgan fingerprint density at radius 1 is 0.633 bits per heavy atom. The van der Waals surface area contributed by atoms with Crippen molar-refractivity contribution in [3.63, 3.8) is 0 Å². The third kappa shape index (κ3) is 1.47. The first-order chi connectivity index (χ1) is 14.7. The standard InChI is InChI=1S/C20H6N6O2S2/c27-17-9-3-4-10-12-8(16-24-14-20(30-6-22-14)26(16)18(10)28)2-1-7(11(9)12)15-23-13-19(25(15)17)29-5-21-13/h1-6H. The molecule has 0 spiro atoms. The topological polar surface area (TPSA) is 94.5 Å². The SMILES string of the molecule is O=c1c2ccc3c(=O)n4c(nc5ncsc54)c4ccc(c2c34)c2nc3ncsc3n12. The Morgan fingerprint density at radius 2 is 1.07 bits per heavy atom. The van der Waals surface area contributed by atoms with E-state index in [9.17, 15) is 9.59 Å². The zero-order chi connectivity index (χ0) is 19.7. The van der Waals surface area contributed by atoms with Gasteiger partial charge in [0.15, 0.2) is 32.2 Å². The van der Waals surface area contributed by atoms with Gasteiger partial charge in [0.05, 0.1) is 11.0 Å². The van der Waals surface area contributed by atoms with E-state index >= 15 is 0 Å². The quantitative estimate of drug-likeness (QED) is 0.346. The Morgan fingerprint density at radius 3 is 1.53 bits per heavy atom. The summed E-state index contributed by atoms with van der Waals surface area (Å²) in [4.78, 5) is 46.0. The Bertz CT molecular complexity index is 1960. The van der Waals surface area contributed by atoms with E-state index in [0.29, 0.717) is 33.4 Å². The lowest BCUT2D eigenvalue weighted by Gasteiger charge is -2.11. The lowest BCUT2D eigenvalue weighted by molar-refractivity contribution is 1.19. The molecule has 30 heavy (non-hydrogen) atoms. The first-order valence-electron chi connectivity index (χ1n) is 9.06. The van der Waals surface area contributed by atoms with Crippen molar-refractivity contribution in [3.05, 3.63) is 56.0 Å². The Hall–Kier alpha value is -3.76. The first-order valence-corrected chi connectivity index (χ1v) is 10.8. The maximum absolute atomic E-state index is 13.4. The van der Waals surface area contributed by atoms with Gasteiger partial charge < -0.3 is 0 Å². The van der Waals surface area contributed by atoms with Gasteiger partial charge >= 0.3 is 0 Å². The molecule has 0 atom stereocenters. The molecule has 0 aliphatic carbocycles. The normalized spacial score (nSPS) is 12.9. The predicted molar refractivity (Wildman–Crippen MR) is 118 cm³/mol. The minimum absolute atomic E-state index is 0.156. The summed E-state index contributed by atoms with van der Waals surface area (Å²) in [5, 5.41) is 4.25. The van der Waals surface area contributed by atoms with Crippen molar-refractivity contribution < 1.29 is 0 Å². The van der Waals surface area contributed by atoms with Crippen molar-refractivity contribution in [3.8, 4) is 0 Å². The molecule has 0 saturated heterocycles. The van der Waals surface area contributed by atoms with Gasteiger partial charge in [0.1, 0.15) is 0 Å². The molecule has 0 amide bonds. The molecule has 6 heterocycles. The highest BCUT2D eigenvalue weighted by Gasteiger charge is 2.23. The molecule has 0 aliphatic rings. The van der Waals surface area contributed by atoms with Crippen molar-refractivity contribution in [1.29, 1.82) is 0 Å². The van der Waals surface area contributed by atoms with Crippen LogP contribution < -0.4 is 11.1 Å². The van der Waals surface area contributed by atoms with Crippen LogP contribution in [0.2, 0.25) is 0 Å². The second-order valence-electron chi connectivity index (χ2n) is 7.19. The molecule has 0 unspecified atom stereocenters. The third-order valence-electron chi connectivity index (χ3n) is 5.82. The van der Waals surface area contributed by atoms with Crippen LogP contribution in [0.3, 0.4) is 0 Å². The fourth-order valence-corrected chi connectivity index (χ4v) is 6.09. The molecule has 0 bridgehead atoms. The molecule has 0 radical (unpaired) electrons. The van der Waals surface area contributed by atoms with Gasteiger partial charge in [0.25, 0.3) is 11.1 Å². The summed E-state index contributed by atoms with van der Waals surface area (Å²) in [6.07, 6.45) is 0. The fraction of sp³-hybridized carbons (Fsp3) is 0. The van der Waals surface area contributed by atoms with E-state index in [2.05, 4.69) is 19.9 Å². The van der Waals surface area contributed by atoms with E-state index in [1.54, 1.807) is 32.0 Å². The number of thiazole rings is 2. The highest BCUT2D eigenvalue weighted by Crippen LogP contribution is 2.37. The third-order valence-corrected chi connectivity index (χ3v) is 7.42. The molecule has 0 fully saturated rings. The molecular weight excluding hydrogens is 420 g/mol. The van der Waals surface area contributed by atoms with Gasteiger partial charge in [0, 0.05) is 32.3 Å². The van der Waals surface area contributed by atoms with Crippen molar-refractivity contribution >= 4 is 87.2 Å². The van der Waals surface area contributed by atoms with Crippen molar-refractivity contribution in [1.82, 2.24) is 28.7 Å². The summed E-state index contributed by atoms with van der Waals surface area (Å²) in [6, 6.07) is 7.39. The minimum atomic E-state index is -0.156. The number of nitrogens with zero attached hydrogens (tertiary/aromatic N) is 6. The van der Waals surface area contributed by atoms with Gasteiger partial charge in [0.2, 0.25) is 0 Å². The second-order valence-corrected chi connectivity index (χ2v) is 8.85. The van der Waals surface area contributed by atoms with Crippen LogP contribution in [-0.2, 0) is 0 Å². The van der Waals surface area contributed by atoms with Crippen LogP contribution in [0.15, 0.2) is 44.9 Å². The molecule has 0 saturated carbocycles. The fourth-order valence-electron chi connectivity index (χ4n) is 4.62. The second kappa shape index (κ2) is 4.69. The number of benzene rings is 2. The molecule has 140 valence electrons. The molecule has 10 heteroatoms. The summed E-state index contributed by atoms with van der Waals surface area (Å²) >= 11 is 2.78. The summed E-state index contributed by atoms with van der Waals surface area (Å²) < 4.78 is 3.25. The molecule has 8 aromatic rings. The minimum Gasteiger partial charge on any atom is -0.268 e. The van der Waals surface area contributed by atoms with Crippen LogP contribution in [0.1, 0.15) is 0 Å². The maximum Gasteiger partial charge on any atom is 0.265 e. The van der Waals surface area contributed by atoms with Crippen LogP contribution in [0.5, 0.6) is 0 Å². The molecule has 0 N–H and O–H groups in total. The Balaban J connectivity index is 1.76. The Kier molecular flexibility index (Phi) is 2.36. The van der Waals surface area contributed by atoms with Gasteiger partial charge in [-0.15, -0.1) is 22.7 Å². The van der Waals surface area contributed by atoms with Crippen LogP contribution in [0.4, 0.5) is 0 Å². The van der Waals surface area contributed by atoms with E-state index in [0.717, 1.165) is 31.2 Å². The predicted octanol–water partition coefficient (Wildman–Crippen LogP) is 3.26. The van der Waals surface area contributed by atoms with Gasteiger partial charge in [-0.2, -0.15) is 0 Å². The maximum atomic E-state index is 13.4. The van der Waals surface area contributed by atoms with Gasteiger partial charge in [-0.25, -0.2) is 28.7 Å². The molecule has 8 rings (SSSR count). The van der Waals surface area contributed by atoms with Crippen molar-refractivity contribution in [2.24, 2.45) is 0 Å². The number of hydrogen-bond donors (Lipinski definition) is 0. The monoisotopic (exact) mass is 426 g/mol. The summed E-state index contributed by atoms with van der Waals surface area (Å²) in [5.41, 5.74) is 5.30. The molecule has 2 aromatic carbocycles. The number of hydrogen-bond acceptors (Lipinski definition) is 8. The summed E-state index contributed by atoms with van der Waals surface area (Å²) in [7, 11) is 0. The number of rotatable bonds is 0. The van der Waals surface area contributed by atoms with Crippen molar-refractivity contribution in [2.75, 3.05) is 0 Å². The number of fused-ring (bicyclic) bond motifs is 8. The van der Waals surface area contributed by atoms with E-state index in [4.69, 9.17) is 0 Å². The van der Waals surface area contributed by atoms with E-state index in [1.165, 1.54) is 22.7 Å². The zero-order valence-electron chi connectivity index (χ0n) is 14.8. The van der Waals surface area contributed by atoms with Gasteiger partial charge in [-0.05, 0) is 24.3 Å².